The number of thioether (sulfide) groups is 1. The van der Waals surface area contributed by atoms with Crippen LogP contribution in [0.2, 0.25) is 0 Å². The summed E-state index contributed by atoms with van der Waals surface area (Å²) < 4.78 is 0. The average molecular weight is 218 g/mol. The van der Waals surface area contributed by atoms with Gasteiger partial charge in [0.25, 0.3) is 0 Å². The van der Waals surface area contributed by atoms with Crippen LogP contribution in [0, 0.1) is 5.92 Å². The molecule has 1 aromatic rings. The van der Waals surface area contributed by atoms with Crippen molar-refractivity contribution in [3.05, 3.63) is 24.3 Å². The molecule has 2 heterocycles. The number of rotatable bonds is 0. The Morgan fingerprint density at radius 3 is 3.07 bits per heavy atom. The molecule has 3 nitrogen and oxygen atoms in total. The number of amides is 1. The van der Waals surface area contributed by atoms with Crippen molar-refractivity contribution >= 4 is 29.2 Å². The monoisotopic (exact) mass is 218 g/mol. The molecule has 1 N–H and O–H groups in total. The van der Waals surface area contributed by atoms with Crippen molar-refractivity contribution in [2.75, 3.05) is 0 Å². The van der Waals surface area contributed by atoms with E-state index in [0.717, 1.165) is 16.4 Å². The lowest BCUT2D eigenvalue weighted by Crippen LogP contribution is -2.24. The highest BCUT2D eigenvalue weighted by Gasteiger charge is 2.39. The number of hydrogen-bond donors (Lipinski definition) is 1. The standard InChI is InChI=1S/C11H10N2OS/c1-6-9-10(13-11(6)14)12-7-4-2-3-5-8(7)15-9/h2-6,9H,1H3,(H,12,13,14). The fourth-order valence-electron chi connectivity index (χ4n) is 1.85. The zero-order valence-corrected chi connectivity index (χ0v) is 9.04. The summed E-state index contributed by atoms with van der Waals surface area (Å²) in [5.41, 5.74) is 0.961. The van der Waals surface area contributed by atoms with Gasteiger partial charge in [-0.25, -0.2) is 4.99 Å². The van der Waals surface area contributed by atoms with Crippen LogP contribution < -0.4 is 5.32 Å². The molecule has 3 rings (SSSR count). The average Bonchev–Trinajstić information content (AvgIpc) is 2.52. The van der Waals surface area contributed by atoms with Crippen molar-refractivity contribution < 1.29 is 4.79 Å². The topological polar surface area (TPSA) is 41.5 Å². The molecule has 1 fully saturated rings. The van der Waals surface area contributed by atoms with Gasteiger partial charge in [-0.2, -0.15) is 0 Å². The van der Waals surface area contributed by atoms with Gasteiger partial charge in [-0.3, -0.25) is 4.79 Å². The fraction of sp³-hybridized carbons (Fsp3) is 0.273. The smallest absolute Gasteiger partial charge is 0.229 e. The summed E-state index contributed by atoms with van der Waals surface area (Å²) in [7, 11) is 0. The first-order valence-electron chi connectivity index (χ1n) is 4.91. The highest BCUT2D eigenvalue weighted by Crippen LogP contribution is 2.41. The number of amidine groups is 1. The van der Waals surface area contributed by atoms with Gasteiger partial charge in [0.1, 0.15) is 5.84 Å². The van der Waals surface area contributed by atoms with E-state index in [0.29, 0.717) is 0 Å². The fourth-order valence-corrected chi connectivity index (χ4v) is 3.07. The lowest BCUT2D eigenvalue weighted by molar-refractivity contribution is -0.121. The van der Waals surface area contributed by atoms with Crippen molar-refractivity contribution in [2.45, 2.75) is 17.1 Å². The molecule has 2 aliphatic rings. The van der Waals surface area contributed by atoms with Crippen LogP contribution in [0.4, 0.5) is 5.69 Å². The zero-order valence-electron chi connectivity index (χ0n) is 8.23. The number of aliphatic imine (C=N–C) groups is 1. The molecule has 15 heavy (non-hydrogen) atoms. The second-order valence-corrected chi connectivity index (χ2v) is 4.96. The van der Waals surface area contributed by atoms with Crippen molar-refractivity contribution in [1.82, 2.24) is 5.32 Å². The Bertz CT molecular complexity index is 469. The minimum absolute atomic E-state index is 0.0158. The summed E-state index contributed by atoms with van der Waals surface area (Å²) in [6, 6.07) is 7.99. The molecule has 0 spiro atoms. The van der Waals surface area contributed by atoms with Crippen LogP contribution in [0.3, 0.4) is 0 Å². The Hall–Kier alpha value is -1.29. The minimum Gasteiger partial charge on any atom is -0.313 e. The molecule has 2 unspecified atom stereocenters. The molecule has 0 saturated carbocycles. The normalized spacial score (nSPS) is 27.8. The predicted molar refractivity (Wildman–Crippen MR) is 60.5 cm³/mol. The number of carbonyl (C=O) groups is 1. The summed E-state index contributed by atoms with van der Waals surface area (Å²) in [4.78, 5) is 17.1. The van der Waals surface area contributed by atoms with E-state index in [9.17, 15) is 4.79 Å². The summed E-state index contributed by atoms with van der Waals surface area (Å²) in [6.07, 6.45) is 0. The van der Waals surface area contributed by atoms with Gasteiger partial charge in [0.2, 0.25) is 5.91 Å². The minimum atomic E-state index is 0.0158. The molecule has 0 radical (unpaired) electrons. The van der Waals surface area contributed by atoms with Gasteiger partial charge in [0.15, 0.2) is 0 Å². The lowest BCUT2D eigenvalue weighted by Gasteiger charge is -2.19. The van der Waals surface area contributed by atoms with Gasteiger partial charge in [0, 0.05) is 4.90 Å². The molecule has 0 aliphatic carbocycles. The molecular formula is C11H10N2OS. The summed E-state index contributed by atoms with van der Waals surface area (Å²) in [6.45, 7) is 1.95. The molecule has 1 amide bonds. The molecule has 1 aromatic carbocycles. The lowest BCUT2D eigenvalue weighted by atomic mass is 10.1. The molecule has 0 bridgehead atoms. The number of para-hydroxylation sites is 1. The molecule has 0 aromatic heterocycles. The van der Waals surface area contributed by atoms with Crippen molar-refractivity contribution in [2.24, 2.45) is 10.9 Å². The second-order valence-electron chi connectivity index (χ2n) is 3.78. The maximum absolute atomic E-state index is 11.5. The SMILES string of the molecule is CC1C(=O)NC2=Nc3ccccc3SC21. The molecule has 1 saturated heterocycles. The quantitative estimate of drug-likeness (QED) is 0.723. The van der Waals surface area contributed by atoms with Gasteiger partial charge in [0.05, 0.1) is 16.9 Å². The largest absolute Gasteiger partial charge is 0.313 e. The van der Waals surface area contributed by atoms with E-state index in [1.54, 1.807) is 11.8 Å². The van der Waals surface area contributed by atoms with Crippen LogP contribution in [0.1, 0.15) is 6.92 Å². The van der Waals surface area contributed by atoms with Crippen molar-refractivity contribution in [3.8, 4) is 0 Å². The van der Waals surface area contributed by atoms with E-state index >= 15 is 0 Å². The van der Waals surface area contributed by atoms with Gasteiger partial charge < -0.3 is 5.32 Å². The first-order chi connectivity index (χ1) is 7.25. The zero-order chi connectivity index (χ0) is 10.4. The maximum Gasteiger partial charge on any atom is 0.229 e. The highest BCUT2D eigenvalue weighted by atomic mass is 32.2. The van der Waals surface area contributed by atoms with Crippen LogP contribution in [0.5, 0.6) is 0 Å². The Morgan fingerprint density at radius 2 is 2.20 bits per heavy atom. The number of nitrogens with one attached hydrogen (secondary N) is 1. The van der Waals surface area contributed by atoms with E-state index < -0.39 is 0 Å². The third-order valence-electron chi connectivity index (χ3n) is 2.75. The number of fused-ring (bicyclic) bond motifs is 2. The van der Waals surface area contributed by atoms with E-state index in [1.165, 1.54) is 0 Å². The third-order valence-corrected chi connectivity index (χ3v) is 4.23. The van der Waals surface area contributed by atoms with Crippen LogP contribution in [0.25, 0.3) is 0 Å². The third kappa shape index (κ3) is 1.28. The van der Waals surface area contributed by atoms with Crippen LogP contribution in [-0.2, 0) is 4.79 Å². The molecule has 2 atom stereocenters. The van der Waals surface area contributed by atoms with Gasteiger partial charge in [-0.15, -0.1) is 11.8 Å². The molecule has 4 heteroatoms. The van der Waals surface area contributed by atoms with E-state index in [2.05, 4.69) is 16.4 Å². The van der Waals surface area contributed by atoms with E-state index in [1.807, 2.05) is 25.1 Å². The Balaban J connectivity index is 2.08. The van der Waals surface area contributed by atoms with Gasteiger partial charge in [-0.05, 0) is 12.1 Å². The van der Waals surface area contributed by atoms with Crippen LogP contribution in [-0.4, -0.2) is 17.0 Å². The van der Waals surface area contributed by atoms with E-state index in [4.69, 9.17) is 0 Å². The molecule has 2 aliphatic heterocycles. The second kappa shape index (κ2) is 3.10. The molecule has 76 valence electrons. The Kier molecular flexibility index (Phi) is 1.85. The predicted octanol–water partition coefficient (Wildman–Crippen LogP) is 1.96. The molecular weight excluding hydrogens is 208 g/mol. The Labute approximate surface area is 92.0 Å². The number of benzene rings is 1. The van der Waals surface area contributed by atoms with Crippen LogP contribution >= 0.6 is 11.8 Å². The number of nitrogens with zero attached hydrogens (tertiary/aromatic N) is 1. The highest BCUT2D eigenvalue weighted by molar-refractivity contribution is 8.01. The number of carbonyl (C=O) groups excluding carboxylic acids is 1. The van der Waals surface area contributed by atoms with Crippen LogP contribution in [0.15, 0.2) is 34.2 Å². The first kappa shape index (κ1) is 8.97. The van der Waals surface area contributed by atoms with Gasteiger partial charge >= 0.3 is 0 Å². The van der Waals surface area contributed by atoms with Gasteiger partial charge in [-0.1, -0.05) is 19.1 Å². The number of hydrogen-bond acceptors (Lipinski definition) is 3. The Morgan fingerprint density at radius 1 is 1.40 bits per heavy atom. The summed E-state index contributed by atoms with van der Waals surface area (Å²) >= 11 is 1.73. The summed E-state index contributed by atoms with van der Waals surface area (Å²) in [5.74, 6) is 0.914. The maximum atomic E-state index is 11.5. The van der Waals surface area contributed by atoms with Crippen molar-refractivity contribution in [3.63, 3.8) is 0 Å². The summed E-state index contributed by atoms with van der Waals surface area (Å²) in [5, 5.41) is 3.01. The van der Waals surface area contributed by atoms with Crippen molar-refractivity contribution in [1.29, 1.82) is 0 Å². The first-order valence-corrected chi connectivity index (χ1v) is 5.79. The van der Waals surface area contributed by atoms with E-state index in [-0.39, 0.29) is 17.1 Å².